The molecule has 25 heavy (non-hydrogen) atoms. The number of aromatic nitrogens is 1. The summed E-state index contributed by atoms with van der Waals surface area (Å²) < 4.78 is 0. The molecule has 0 bridgehead atoms. The van der Waals surface area contributed by atoms with Gasteiger partial charge >= 0.3 is 0 Å². The van der Waals surface area contributed by atoms with Gasteiger partial charge in [-0.1, -0.05) is 35.5 Å². The van der Waals surface area contributed by atoms with Crippen LogP contribution in [0.15, 0.2) is 41.4 Å². The van der Waals surface area contributed by atoms with E-state index in [1.165, 1.54) is 18.2 Å². The molecule has 0 radical (unpaired) electrons. The Hall–Kier alpha value is -2.03. The number of hydrogen-bond acceptors (Lipinski definition) is 4. The van der Waals surface area contributed by atoms with Crippen LogP contribution >= 0.6 is 23.4 Å². The Labute approximate surface area is 156 Å². The number of likely N-dealkylation sites (tertiary alicyclic amines) is 1. The van der Waals surface area contributed by atoms with Crippen molar-refractivity contribution >= 4 is 29.3 Å². The van der Waals surface area contributed by atoms with Gasteiger partial charge in [-0.2, -0.15) is 5.26 Å². The van der Waals surface area contributed by atoms with Crippen molar-refractivity contribution in [2.24, 2.45) is 0 Å². The average molecular weight is 372 g/mol. The standard InChI is InChI=1S/C19H18ClN3OS/c20-16-7-4-14(5-8-16)17-9-6-15(12-21)19(22-17)25-13-18(24)23-10-2-1-3-11-23/h4-9H,1-3,10-11,13H2. The number of nitrogens with zero attached hydrogens (tertiary/aromatic N) is 3. The van der Waals surface area contributed by atoms with Crippen LogP contribution in [0.3, 0.4) is 0 Å². The number of carbonyl (C=O) groups is 1. The lowest BCUT2D eigenvalue weighted by Crippen LogP contribution is -2.36. The summed E-state index contributed by atoms with van der Waals surface area (Å²) in [5, 5.41) is 10.6. The quantitative estimate of drug-likeness (QED) is 0.748. The maximum atomic E-state index is 12.3. The Bertz CT molecular complexity index is 795. The Balaban J connectivity index is 1.75. The van der Waals surface area contributed by atoms with E-state index in [9.17, 15) is 10.1 Å². The zero-order valence-corrected chi connectivity index (χ0v) is 15.3. The summed E-state index contributed by atoms with van der Waals surface area (Å²) >= 11 is 7.26. The SMILES string of the molecule is N#Cc1ccc(-c2ccc(Cl)cc2)nc1SCC(=O)N1CCCCC1. The van der Waals surface area contributed by atoms with Crippen molar-refractivity contribution in [1.82, 2.24) is 9.88 Å². The number of carbonyl (C=O) groups excluding carboxylic acids is 1. The third-order valence-electron chi connectivity index (χ3n) is 4.16. The van der Waals surface area contributed by atoms with Crippen LogP contribution in [0, 0.1) is 11.3 Å². The highest BCUT2D eigenvalue weighted by molar-refractivity contribution is 8.00. The largest absolute Gasteiger partial charge is 0.342 e. The predicted octanol–water partition coefficient (Wildman–Crippen LogP) is 4.38. The van der Waals surface area contributed by atoms with Crippen molar-refractivity contribution in [2.45, 2.75) is 24.3 Å². The molecule has 1 aromatic carbocycles. The van der Waals surface area contributed by atoms with Gasteiger partial charge < -0.3 is 4.90 Å². The minimum atomic E-state index is 0.118. The van der Waals surface area contributed by atoms with Crippen LogP contribution in [0.4, 0.5) is 0 Å². The van der Waals surface area contributed by atoms with Gasteiger partial charge in [0.2, 0.25) is 5.91 Å². The van der Waals surface area contributed by atoms with Crippen LogP contribution in [0.5, 0.6) is 0 Å². The lowest BCUT2D eigenvalue weighted by Gasteiger charge is -2.26. The van der Waals surface area contributed by atoms with Gasteiger partial charge in [0, 0.05) is 23.7 Å². The van der Waals surface area contributed by atoms with Crippen LogP contribution in [-0.2, 0) is 4.79 Å². The van der Waals surface area contributed by atoms with Crippen LogP contribution in [-0.4, -0.2) is 34.6 Å². The molecule has 2 aromatic rings. The van der Waals surface area contributed by atoms with Gasteiger partial charge in [-0.3, -0.25) is 4.79 Å². The molecule has 1 fully saturated rings. The van der Waals surface area contributed by atoms with E-state index in [2.05, 4.69) is 11.1 Å². The van der Waals surface area contributed by atoms with Gasteiger partial charge in [0.1, 0.15) is 11.1 Å². The minimum Gasteiger partial charge on any atom is -0.342 e. The molecule has 0 spiro atoms. The number of amides is 1. The van der Waals surface area contributed by atoms with E-state index in [0.717, 1.165) is 37.2 Å². The molecule has 0 saturated carbocycles. The smallest absolute Gasteiger partial charge is 0.232 e. The number of rotatable bonds is 4. The summed E-state index contributed by atoms with van der Waals surface area (Å²) in [4.78, 5) is 18.8. The van der Waals surface area contributed by atoms with Crippen molar-refractivity contribution in [1.29, 1.82) is 5.26 Å². The molecular formula is C19H18ClN3OS. The molecule has 1 aliphatic rings. The van der Waals surface area contributed by atoms with Crippen LogP contribution < -0.4 is 0 Å². The van der Waals surface area contributed by atoms with Gasteiger partial charge in [-0.05, 0) is 43.5 Å². The number of pyridine rings is 1. The predicted molar refractivity (Wildman–Crippen MR) is 101 cm³/mol. The first kappa shape index (κ1) is 17.8. The van der Waals surface area contributed by atoms with Gasteiger partial charge in [-0.15, -0.1) is 0 Å². The molecule has 0 unspecified atom stereocenters. The summed E-state index contributed by atoms with van der Waals surface area (Å²) in [6.45, 7) is 1.67. The number of benzene rings is 1. The fraction of sp³-hybridized carbons (Fsp3) is 0.316. The molecule has 0 atom stereocenters. The molecule has 0 aliphatic carbocycles. The minimum absolute atomic E-state index is 0.118. The van der Waals surface area contributed by atoms with Crippen LogP contribution in [0.2, 0.25) is 5.02 Å². The zero-order valence-electron chi connectivity index (χ0n) is 13.7. The molecule has 2 heterocycles. The van der Waals surface area contributed by atoms with E-state index in [-0.39, 0.29) is 5.91 Å². The van der Waals surface area contributed by atoms with Crippen LogP contribution in [0.25, 0.3) is 11.3 Å². The van der Waals surface area contributed by atoms with Gasteiger partial charge in [0.05, 0.1) is 17.0 Å². The lowest BCUT2D eigenvalue weighted by molar-refractivity contribution is -0.129. The highest BCUT2D eigenvalue weighted by Gasteiger charge is 2.18. The monoisotopic (exact) mass is 371 g/mol. The molecule has 3 rings (SSSR count). The number of piperidine rings is 1. The highest BCUT2D eigenvalue weighted by Crippen LogP contribution is 2.26. The van der Waals surface area contributed by atoms with E-state index in [4.69, 9.17) is 11.6 Å². The van der Waals surface area contributed by atoms with Crippen molar-refractivity contribution in [2.75, 3.05) is 18.8 Å². The number of halogens is 1. The molecule has 1 aliphatic heterocycles. The second-order valence-electron chi connectivity index (χ2n) is 5.90. The maximum absolute atomic E-state index is 12.3. The second-order valence-corrected chi connectivity index (χ2v) is 7.30. The molecular weight excluding hydrogens is 354 g/mol. The zero-order chi connectivity index (χ0) is 17.6. The summed E-state index contributed by atoms with van der Waals surface area (Å²) in [6, 6.07) is 13.1. The number of hydrogen-bond donors (Lipinski definition) is 0. The van der Waals surface area contributed by atoms with E-state index in [1.54, 1.807) is 6.07 Å². The molecule has 4 nitrogen and oxygen atoms in total. The van der Waals surface area contributed by atoms with E-state index in [1.807, 2.05) is 35.2 Å². The van der Waals surface area contributed by atoms with E-state index < -0.39 is 0 Å². The molecule has 1 amide bonds. The third kappa shape index (κ3) is 4.53. The summed E-state index contributed by atoms with van der Waals surface area (Å²) in [5.41, 5.74) is 2.19. The Morgan fingerprint density at radius 1 is 1.16 bits per heavy atom. The topological polar surface area (TPSA) is 57.0 Å². The maximum Gasteiger partial charge on any atom is 0.232 e. The van der Waals surface area contributed by atoms with Gasteiger partial charge in [0.15, 0.2) is 0 Å². The molecule has 0 N–H and O–H groups in total. The first-order valence-electron chi connectivity index (χ1n) is 8.25. The van der Waals surface area contributed by atoms with Gasteiger partial charge in [0.25, 0.3) is 0 Å². The van der Waals surface area contributed by atoms with E-state index in [0.29, 0.717) is 21.4 Å². The fourth-order valence-corrected chi connectivity index (χ4v) is 3.78. The molecule has 1 aromatic heterocycles. The first-order valence-corrected chi connectivity index (χ1v) is 9.61. The number of nitriles is 1. The third-order valence-corrected chi connectivity index (χ3v) is 5.39. The van der Waals surface area contributed by atoms with Gasteiger partial charge in [-0.25, -0.2) is 4.98 Å². The van der Waals surface area contributed by atoms with Crippen molar-refractivity contribution < 1.29 is 4.79 Å². The summed E-state index contributed by atoms with van der Waals surface area (Å²) in [7, 11) is 0. The molecule has 1 saturated heterocycles. The Morgan fingerprint density at radius 2 is 1.88 bits per heavy atom. The molecule has 128 valence electrons. The van der Waals surface area contributed by atoms with Crippen LogP contribution in [0.1, 0.15) is 24.8 Å². The number of thioether (sulfide) groups is 1. The summed E-state index contributed by atoms with van der Waals surface area (Å²) in [5.74, 6) is 0.429. The first-order chi connectivity index (χ1) is 12.2. The highest BCUT2D eigenvalue weighted by atomic mass is 35.5. The summed E-state index contributed by atoms with van der Waals surface area (Å²) in [6.07, 6.45) is 3.34. The average Bonchev–Trinajstić information content (AvgIpc) is 2.67. The van der Waals surface area contributed by atoms with E-state index >= 15 is 0 Å². The van der Waals surface area contributed by atoms with Crippen molar-refractivity contribution in [3.63, 3.8) is 0 Å². The molecule has 6 heteroatoms. The normalized spacial score (nSPS) is 14.2. The second kappa shape index (κ2) is 8.37. The Morgan fingerprint density at radius 3 is 2.56 bits per heavy atom. The van der Waals surface area contributed by atoms with Crippen molar-refractivity contribution in [3.05, 3.63) is 47.0 Å². The Kier molecular flexibility index (Phi) is 5.95. The van der Waals surface area contributed by atoms with Crippen molar-refractivity contribution in [3.8, 4) is 17.3 Å². The fourth-order valence-electron chi connectivity index (χ4n) is 2.78. The lowest BCUT2D eigenvalue weighted by atomic mass is 10.1.